The van der Waals surface area contributed by atoms with Gasteiger partial charge in [0, 0.05) is 33.5 Å². The van der Waals surface area contributed by atoms with Crippen molar-refractivity contribution < 1.29 is 4.74 Å². The summed E-state index contributed by atoms with van der Waals surface area (Å²) >= 11 is 0. The normalized spacial score (nSPS) is 14.3. The first-order valence-corrected chi connectivity index (χ1v) is 23.1. The van der Waals surface area contributed by atoms with Crippen LogP contribution in [0.15, 0.2) is 224 Å². The lowest BCUT2D eigenvalue weighted by Crippen LogP contribution is -2.29. The fraction of sp³-hybridized carbons (Fsp3) is 0.0625. The first-order chi connectivity index (χ1) is 32.5. The third kappa shape index (κ3) is 4.91. The molecule has 310 valence electrons. The molecular formula is C64H43NO. The van der Waals surface area contributed by atoms with Crippen LogP contribution in [-0.2, 0) is 10.8 Å². The minimum Gasteiger partial charge on any atom is -0.456 e. The lowest BCUT2D eigenvalue weighted by Gasteiger charge is -2.36. The first-order valence-electron chi connectivity index (χ1n) is 23.1. The fourth-order valence-electron chi connectivity index (χ4n) is 12.3. The fourth-order valence-corrected chi connectivity index (χ4v) is 12.3. The topological polar surface area (TPSA) is 12.5 Å². The Morgan fingerprint density at radius 3 is 1.33 bits per heavy atom. The van der Waals surface area contributed by atoms with Crippen LogP contribution in [0, 0.1) is 0 Å². The molecule has 2 nitrogen and oxygen atoms in total. The minimum absolute atomic E-state index is 0.181. The van der Waals surface area contributed by atoms with Gasteiger partial charge in [-0.05, 0) is 126 Å². The van der Waals surface area contributed by atoms with E-state index < -0.39 is 5.41 Å². The van der Waals surface area contributed by atoms with Gasteiger partial charge in [0.2, 0.25) is 0 Å². The van der Waals surface area contributed by atoms with Crippen molar-refractivity contribution in [3.8, 4) is 78.3 Å². The molecule has 1 heterocycles. The Morgan fingerprint density at radius 1 is 0.303 bits per heavy atom. The first kappa shape index (κ1) is 37.2. The Morgan fingerprint density at radius 2 is 0.712 bits per heavy atom. The largest absolute Gasteiger partial charge is 0.456 e. The summed E-state index contributed by atoms with van der Waals surface area (Å²) < 4.78 is 6.70. The molecule has 0 atom stereocenters. The van der Waals surface area contributed by atoms with Gasteiger partial charge in [0.15, 0.2) is 0 Å². The minimum atomic E-state index is -0.602. The van der Waals surface area contributed by atoms with E-state index in [1.54, 1.807) is 0 Å². The van der Waals surface area contributed by atoms with Gasteiger partial charge in [0.1, 0.15) is 11.5 Å². The molecular weight excluding hydrogens is 799 g/mol. The summed E-state index contributed by atoms with van der Waals surface area (Å²) in [6, 6.07) is 83.5. The standard InChI is InChI=1S/C64H43NO/c1-63(2)53-26-11-5-22-47(53)48-37-35-41(39-58(48)63)65(40-34-36-44-49-23-9-15-32-60(49)66-61-33-16-10-24-50(61)52(44)38-40)59-31-17-30-57-62(59)51-25-8-14-29-56(51)64(57)54-27-12-6-20-45(54)42-18-3-4-19-43(42)46-21-7-13-28-55(46)64/h3-39H,1-2H3. The second kappa shape index (κ2) is 13.7. The molecule has 0 saturated carbocycles. The molecule has 0 fully saturated rings. The van der Waals surface area contributed by atoms with E-state index in [2.05, 4.69) is 243 Å². The molecule has 0 saturated heterocycles. The monoisotopic (exact) mass is 841 g/mol. The Hall–Kier alpha value is -8.20. The number of benzene rings is 10. The molecule has 0 bridgehead atoms. The van der Waals surface area contributed by atoms with Crippen LogP contribution in [-0.4, -0.2) is 0 Å². The highest BCUT2D eigenvalue weighted by Crippen LogP contribution is 2.64. The molecule has 66 heavy (non-hydrogen) atoms. The zero-order chi connectivity index (χ0) is 43.7. The second-order valence-corrected chi connectivity index (χ2v) is 18.7. The highest BCUT2D eigenvalue weighted by molar-refractivity contribution is 6.03. The van der Waals surface area contributed by atoms with Crippen LogP contribution in [0.5, 0.6) is 11.5 Å². The number of hydrogen-bond acceptors (Lipinski definition) is 2. The van der Waals surface area contributed by atoms with Crippen molar-refractivity contribution in [2.75, 3.05) is 4.90 Å². The van der Waals surface area contributed by atoms with Crippen molar-refractivity contribution in [2.45, 2.75) is 24.7 Å². The van der Waals surface area contributed by atoms with E-state index in [0.29, 0.717) is 0 Å². The zero-order valence-electron chi connectivity index (χ0n) is 36.7. The molecule has 3 aliphatic carbocycles. The van der Waals surface area contributed by atoms with E-state index >= 15 is 0 Å². The van der Waals surface area contributed by atoms with Crippen LogP contribution in [0.1, 0.15) is 47.2 Å². The van der Waals surface area contributed by atoms with Gasteiger partial charge in [0.05, 0.1) is 11.1 Å². The van der Waals surface area contributed by atoms with Gasteiger partial charge in [-0.25, -0.2) is 0 Å². The van der Waals surface area contributed by atoms with Crippen LogP contribution in [0.3, 0.4) is 0 Å². The summed E-state index contributed by atoms with van der Waals surface area (Å²) in [5.41, 5.74) is 25.1. The number of fused-ring (bicyclic) bond motifs is 20. The zero-order valence-corrected chi connectivity index (χ0v) is 36.7. The predicted octanol–water partition coefficient (Wildman–Crippen LogP) is 16.9. The Balaban J connectivity index is 1.08. The third-order valence-corrected chi connectivity index (χ3v) is 15.1. The molecule has 2 heteroatoms. The van der Waals surface area contributed by atoms with E-state index in [9.17, 15) is 0 Å². The SMILES string of the molecule is CC1(C)c2ccccc2-c2ccc(N(c3ccc4c(c3)-c3ccccc3Oc3ccccc3-4)c3cccc4c3-c3ccccc3C43c4ccccc4-c4ccccc4-c4ccccc43)cc21. The lowest BCUT2D eigenvalue weighted by molar-refractivity contribution is 0.488. The molecule has 14 rings (SSSR count). The molecule has 10 aromatic rings. The molecule has 0 amide bonds. The third-order valence-electron chi connectivity index (χ3n) is 15.1. The van der Waals surface area contributed by atoms with E-state index in [-0.39, 0.29) is 5.41 Å². The van der Waals surface area contributed by atoms with Crippen LogP contribution < -0.4 is 9.64 Å². The van der Waals surface area contributed by atoms with Gasteiger partial charge in [0.25, 0.3) is 0 Å². The van der Waals surface area contributed by atoms with Crippen LogP contribution in [0.25, 0.3) is 66.8 Å². The Bertz CT molecular complexity index is 3620. The van der Waals surface area contributed by atoms with E-state index in [0.717, 1.165) is 50.8 Å². The number of rotatable bonds is 3. The maximum Gasteiger partial charge on any atom is 0.135 e. The molecule has 10 aromatic carbocycles. The average Bonchev–Trinajstić information content (AvgIpc) is 3.68. The lowest BCUT2D eigenvalue weighted by atomic mass is 9.66. The Labute approximate surface area is 385 Å². The number of ether oxygens (including phenoxy) is 1. The van der Waals surface area contributed by atoms with Crippen molar-refractivity contribution in [2.24, 2.45) is 0 Å². The molecule has 0 N–H and O–H groups in total. The highest BCUT2D eigenvalue weighted by atomic mass is 16.5. The molecule has 1 spiro atoms. The maximum absolute atomic E-state index is 6.70. The quantitative estimate of drug-likeness (QED) is 0.176. The summed E-state index contributed by atoms with van der Waals surface area (Å²) in [4.78, 5) is 2.54. The maximum atomic E-state index is 6.70. The summed E-state index contributed by atoms with van der Waals surface area (Å²) in [7, 11) is 0. The van der Waals surface area contributed by atoms with E-state index in [1.165, 1.54) is 77.9 Å². The van der Waals surface area contributed by atoms with Crippen molar-refractivity contribution in [1.82, 2.24) is 0 Å². The van der Waals surface area contributed by atoms with Crippen LogP contribution in [0.4, 0.5) is 17.1 Å². The van der Waals surface area contributed by atoms with Crippen molar-refractivity contribution in [1.29, 1.82) is 0 Å². The van der Waals surface area contributed by atoms with Gasteiger partial charge >= 0.3 is 0 Å². The van der Waals surface area contributed by atoms with Gasteiger partial charge < -0.3 is 9.64 Å². The summed E-state index contributed by atoms with van der Waals surface area (Å²) in [6.07, 6.45) is 0. The second-order valence-electron chi connectivity index (χ2n) is 18.7. The van der Waals surface area contributed by atoms with E-state index in [4.69, 9.17) is 4.74 Å². The van der Waals surface area contributed by atoms with Crippen molar-refractivity contribution >= 4 is 17.1 Å². The molecule has 0 unspecified atom stereocenters. The highest BCUT2D eigenvalue weighted by Gasteiger charge is 2.51. The van der Waals surface area contributed by atoms with Gasteiger partial charge in [-0.3, -0.25) is 0 Å². The smallest absolute Gasteiger partial charge is 0.135 e. The number of nitrogens with zero attached hydrogens (tertiary/aromatic N) is 1. The van der Waals surface area contributed by atoms with Gasteiger partial charge in [-0.2, -0.15) is 0 Å². The van der Waals surface area contributed by atoms with Crippen molar-refractivity contribution in [3.63, 3.8) is 0 Å². The molecule has 0 radical (unpaired) electrons. The number of hydrogen-bond donors (Lipinski definition) is 0. The van der Waals surface area contributed by atoms with Gasteiger partial charge in [-0.1, -0.05) is 196 Å². The average molecular weight is 842 g/mol. The number of anilines is 3. The summed E-state index contributed by atoms with van der Waals surface area (Å²) in [5, 5.41) is 0. The van der Waals surface area contributed by atoms with E-state index in [1.807, 2.05) is 0 Å². The van der Waals surface area contributed by atoms with Crippen LogP contribution >= 0.6 is 0 Å². The summed E-state index contributed by atoms with van der Waals surface area (Å²) in [5.74, 6) is 1.72. The van der Waals surface area contributed by atoms with Crippen LogP contribution in [0.2, 0.25) is 0 Å². The van der Waals surface area contributed by atoms with Crippen molar-refractivity contribution in [3.05, 3.63) is 258 Å². The predicted molar refractivity (Wildman–Crippen MR) is 271 cm³/mol. The molecule has 1 aliphatic heterocycles. The van der Waals surface area contributed by atoms with Gasteiger partial charge in [-0.15, -0.1) is 0 Å². The number of para-hydroxylation sites is 2. The summed E-state index contributed by atoms with van der Waals surface area (Å²) in [6.45, 7) is 4.75. The molecule has 4 aliphatic rings. The Kier molecular flexibility index (Phi) is 7.70. The molecule has 0 aromatic heterocycles.